The standard InChI is InChI=1S/C14H30N2O/c1-12(2)8-15-9-13(3)10-16-6-7-17-14(4,5)11-16/h12-13,15H,6-11H2,1-5H3. The molecule has 102 valence electrons. The van der Waals surface area contributed by atoms with Gasteiger partial charge in [0.25, 0.3) is 0 Å². The zero-order valence-corrected chi connectivity index (χ0v) is 12.3. The molecule has 0 amide bonds. The highest BCUT2D eigenvalue weighted by Crippen LogP contribution is 2.17. The van der Waals surface area contributed by atoms with Gasteiger partial charge in [-0.1, -0.05) is 20.8 Å². The summed E-state index contributed by atoms with van der Waals surface area (Å²) in [6.45, 7) is 17.6. The van der Waals surface area contributed by atoms with Gasteiger partial charge in [0.2, 0.25) is 0 Å². The van der Waals surface area contributed by atoms with E-state index in [2.05, 4.69) is 44.8 Å². The highest BCUT2D eigenvalue weighted by molar-refractivity contribution is 4.80. The Morgan fingerprint density at radius 2 is 1.94 bits per heavy atom. The van der Waals surface area contributed by atoms with Crippen LogP contribution in [0.15, 0.2) is 0 Å². The first-order valence-electron chi connectivity index (χ1n) is 6.96. The molecule has 0 aromatic rings. The molecule has 3 nitrogen and oxygen atoms in total. The Morgan fingerprint density at radius 1 is 1.24 bits per heavy atom. The Morgan fingerprint density at radius 3 is 2.53 bits per heavy atom. The average molecular weight is 242 g/mol. The minimum atomic E-state index is 0.0311. The minimum absolute atomic E-state index is 0.0311. The van der Waals surface area contributed by atoms with Crippen LogP contribution in [0, 0.1) is 11.8 Å². The Kier molecular flexibility index (Phi) is 5.90. The monoisotopic (exact) mass is 242 g/mol. The summed E-state index contributed by atoms with van der Waals surface area (Å²) in [7, 11) is 0. The summed E-state index contributed by atoms with van der Waals surface area (Å²) in [5.74, 6) is 1.45. The maximum Gasteiger partial charge on any atom is 0.0753 e. The predicted molar refractivity (Wildman–Crippen MR) is 73.3 cm³/mol. The van der Waals surface area contributed by atoms with Crippen LogP contribution < -0.4 is 5.32 Å². The average Bonchev–Trinajstić information content (AvgIpc) is 2.14. The molecule has 1 heterocycles. The third-order valence-corrected chi connectivity index (χ3v) is 3.12. The molecule has 17 heavy (non-hydrogen) atoms. The van der Waals surface area contributed by atoms with Crippen molar-refractivity contribution in [3.63, 3.8) is 0 Å². The summed E-state index contributed by atoms with van der Waals surface area (Å²) in [5, 5.41) is 3.54. The third kappa shape index (κ3) is 6.39. The molecule has 1 atom stereocenters. The number of morpholine rings is 1. The predicted octanol–water partition coefficient (Wildman–Crippen LogP) is 1.98. The van der Waals surface area contributed by atoms with Gasteiger partial charge in [-0.05, 0) is 38.8 Å². The second-order valence-electron chi connectivity index (χ2n) is 6.50. The van der Waals surface area contributed by atoms with Gasteiger partial charge in [0.1, 0.15) is 0 Å². The van der Waals surface area contributed by atoms with E-state index in [0.29, 0.717) is 5.92 Å². The van der Waals surface area contributed by atoms with Crippen LogP contribution >= 0.6 is 0 Å². The zero-order chi connectivity index (χ0) is 12.9. The van der Waals surface area contributed by atoms with Crippen molar-refractivity contribution in [3.05, 3.63) is 0 Å². The van der Waals surface area contributed by atoms with E-state index in [0.717, 1.165) is 38.7 Å². The van der Waals surface area contributed by atoms with Crippen LogP contribution in [0.3, 0.4) is 0 Å². The van der Waals surface area contributed by atoms with Crippen LogP contribution in [0.1, 0.15) is 34.6 Å². The summed E-state index contributed by atoms with van der Waals surface area (Å²) >= 11 is 0. The van der Waals surface area contributed by atoms with Crippen LogP contribution in [0.2, 0.25) is 0 Å². The van der Waals surface area contributed by atoms with Crippen molar-refractivity contribution in [2.75, 3.05) is 39.3 Å². The lowest BCUT2D eigenvalue weighted by atomic mass is 10.1. The normalized spacial score (nSPS) is 22.9. The number of hydrogen-bond donors (Lipinski definition) is 1. The molecule has 0 aromatic carbocycles. The van der Waals surface area contributed by atoms with Crippen LogP contribution in [0.4, 0.5) is 0 Å². The highest BCUT2D eigenvalue weighted by atomic mass is 16.5. The Hall–Kier alpha value is -0.120. The molecule has 0 saturated carbocycles. The highest BCUT2D eigenvalue weighted by Gasteiger charge is 2.27. The lowest BCUT2D eigenvalue weighted by Gasteiger charge is -2.39. The molecule has 3 heteroatoms. The summed E-state index contributed by atoms with van der Waals surface area (Å²) in [6.07, 6.45) is 0. The lowest BCUT2D eigenvalue weighted by molar-refractivity contribution is -0.0884. The molecule has 1 aliphatic heterocycles. The van der Waals surface area contributed by atoms with Gasteiger partial charge in [-0.15, -0.1) is 0 Å². The number of nitrogens with one attached hydrogen (secondary N) is 1. The molecule has 1 N–H and O–H groups in total. The van der Waals surface area contributed by atoms with Crippen molar-refractivity contribution in [1.29, 1.82) is 0 Å². The Labute approximate surface area is 107 Å². The van der Waals surface area contributed by atoms with E-state index in [1.807, 2.05) is 0 Å². The summed E-state index contributed by atoms with van der Waals surface area (Å²) < 4.78 is 5.73. The molecule has 1 fully saturated rings. The van der Waals surface area contributed by atoms with Gasteiger partial charge in [-0.3, -0.25) is 4.90 Å². The van der Waals surface area contributed by atoms with E-state index in [4.69, 9.17) is 4.74 Å². The largest absolute Gasteiger partial charge is 0.373 e. The molecule has 1 saturated heterocycles. The number of rotatable bonds is 6. The van der Waals surface area contributed by atoms with Crippen molar-refractivity contribution in [1.82, 2.24) is 10.2 Å². The number of nitrogens with zero attached hydrogens (tertiary/aromatic N) is 1. The second kappa shape index (κ2) is 6.72. The summed E-state index contributed by atoms with van der Waals surface area (Å²) in [6, 6.07) is 0. The zero-order valence-electron chi connectivity index (χ0n) is 12.3. The van der Waals surface area contributed by atoms with Crippen LogP contribution in [-0.2, 0) is 4.74 Å². The van der Waals surface area contributed by atoms with E-state index in [-0.39, 0.29) is 5.60 Å². The van der Waals surface area contributed by atoms with Gasteiger partial charge >= 0.3 is 0 Å². The third-order valence-electron chi connectivity index (χ3n) is 3.12. The van der Waals surface area contributed by atoms with Gasteiger partial charge < -0.3 is 10.1 Å². The molecule has 1 aliphatic rings. The van der Waals surface area contributed by atoms with Gasteiger partial charge in [0.15, 0.2) is 0 Å². The van der Waals surface area contributed by atoms with Gasteiger partial charge in [0, 0.05) is 19.6 Å². The van der Waals surface area contributed by atoms with Crippen molar-refractivity contribution < 1.29 is 4.74 Å². The van der Waals surface area contributed by atoms with Gasteiger partial charge in [0.05, 0.1) is 12.2 Å². The molecule has 0 spiro atoms. The summed E-state index contributed by atoms with van der Waals surface area (Å²) in [4.78, 5) is 2.53. The van der Waals surface area contributed by atoms with Gasteiger partial charge in [-0.2, -0.15) is 0 Å². The topological polar surface area (TPSA) is 24.5 Å². The summed E-state index contributed by atoms with van der Waals surface area (Å²) in [5.41, 5.74) is 0.0311. The number of ether oxygens (including phenoxy) is 1. The van der Waals surface area contributed by atoms with E-state index < -0.39 is 0 Å². The van der Waals surface area contributed by atoms with Crippen molar-refractivity contribution in [2.45, 2.75) is 40.2 Å². The smallest absolute Gasteiger partial charge is 0.0753 e. The molecular weight excluding hydrogens is 212 g/mol. The van der Waals surface area contributed by atoms with Gasteiger partial charge in [-0.25, -0.2) is 0 Å². The SMILES string of the molecule is CC(C)CNCC(C)CN1CCOC(C)(C)C1. The van der Waals surface area contributed by atoms with E-state index >= 15 is 0 Å². The second-order valence-corrected chi connectivity index (χ2v) is 6.50. The molecule has 0 radical (unpaired) electrons. The first-order valence-corrected chi connectivity index (χ1v) is 6.96. The quantitative estimate of drug-likeness (QED) is 0.771. The molecular formula is C14H30N2O. The van der Waals surface area contributed by atoms with Crippen LogP contribution in [-0.4, -0.2) is 49.8 Å². The molecule has 0 aromatic heterocycles. The molecule has 1 rings (SSSR count). The molecule has 0 aliphatic carbocycles. The maximum atomic E-state index is 5.73. The maximum absolute atomic E-state index is 5.73. The fourth-order valence-electron chi connectivity index (χ4n) is 2.39. The van der Waals surface area contributed by atoms with E-state index in [1.54, 1.807) is 0 Å². The van der Waals surface area contributed by atoms with Crippen LogP contribution in [0.5, 0.6) is 0 Å². The number of hydrogen-bond acceptors (Lipinski definition) is 3. The Balaban J connectivity index is 2.19. The Bertz CT molecular complexity index is 216. The van der Waals surface area contributed by atoms with Crippen LogP contribution in [0.25, 0.3) is 0 Å². The molecule has 0 bridgehead atoms. The van der Waals surface area contributed by atoms with E-state index in [9.17, 15) is 0 Å². The van der Waals surface area contributed by atoms with Crippen molar-refractivity contribution >= 4 is 0 Å². The first kappa shape index (κ1) is 14.9. The van der Waals surface area contributed by atoms with Crippen molar-refractivity contribution in [3.8, 4) is 0 Å². The van der Waals surface area contributed by atoms with E-state index in [1.165, 1.54) is 6.54 Å². The van der Waals surface area contributed by atoms with Crippen molar-refractivity contribution in [2.24, 2.45) is 11.8 Å². The fourth-order valence-corrected chi connectivity index (χ4v) is 2.39. The first-order chi connectivity index (χ1) is 7.89. The fraction of sp³-hybridized carbons (Fsp3) is 1.00. The lowest BCUT2D eigenvalue weighted by Crippen LogP contribution is -2.50. The molecule has 1 unspecified atom stereocenters. The minimum Gasteiger partial charge on any atom is -0.373 e.